The quantitative estimate of drug-likeness (QED) is 0.317. The molecule has 0 unspecified atom stereocenters. The van der Waals surface area contributed by atoms with Crippen LogP contribution in [0.1, 0.15) is 62.0 Å². The molecule has 0 spiro atoms. The molecule has 0 radical (unpaired) electrons. The number of ether oxygens (including phenoxy) is 1. The maximum Gasteiger partial charge on any atom is 0.310 e. The minimum atomic E-state index is -2.52. The van der Waals surface area contributed by atoms with Crippen molar-refractivity contribution in [1.82, 2.24) is 0 Å². The fourth-order valence-corrected chi connectivity index (χ4v) is 6.35. The van der Waals surface area contributed by atoms with E-state index >= 15 is 0 Å². The molecule has 0 saturated heterocycles. The van der Waals surface area contributed by atoms with Crippen LogP contribution in [0.2, 0.25) is 0 Å². The van der Waals surface area contributed by atoms with Crippen LogP contribution in [0.3, 0.4) is 0 Å². The molecule has 9 heteroatoms. The highest BCUT2D eigenvalue weighted by molar-refractivity contribution is 6.25. The number of benzene rings is 2. The van der Waals surface area contributed by atoms with Crippen molar-refractivity contribution in [3.63, 3.8) is 0 Å². The Morgan fingerprint density at radius 2 is 1.66 bits per heavy atom. The number of hydrogen-bond donors (Lipinski definition) is 4. The van der Waals surface area contributed by atoms with Crippen LogP contribution in [0.25, 0.3) is 11.1 Å². The molecule has 2 aromatic carbocycles. The number of Topliss-reactive ketones (excluding diaryl/α,β-unsaturated/α-hetero) is 3. The number of esters is 1. The van der Waals surface area contributed by atoms with Gasteiger partial charge in [0.1, 0.15) is 28.4 Å². The summed E-state index contributed by atoms with van der Waals surface area (Å²) in [7, 11) is 0. The van der Waals surface area contributed by atoms with Crippen LogP contribution in [0.4, 0.5) is 0 Å². The van der Waals surface area contributed by atoms with Gasteiger partial charge in [0.15, 0.2) is 17.2 Å². The fraction of sp³-hybridized carbons (Fsp3) is 0.375. The van der Waals surface area contributed by atoms with E-state index < -0.39 is 57.5 Å². The number of allylic oxidation sites excluding steroid dienone is 2. The highest BCUT2D eigenvalue weighted by atomic mass is 16.6. The van der Waals surface area contributed by atoms with Gasteiger partial charge in [-0.1, -0.05) is 30.3 Å². The van der Waals surface area contributed by atoms with Gasteiger partial charge in [0.25, 0.3) is 0 Å². The van der Waals surface area contributed by atoms with Crippen molar-refractivity contribution in [3.05, 3.63) is 75.8 Å². The molecule has 41 heavy (non-hydrogen) atoms. The van der Waals surface area contributed by atoms with Gasteiger partial charge in [-0.2, -0.15) is 0 Å². The monoisotopic (exact) mass is 560 g/mol. The first-order valence-electron chi connectivity index (χ1n) is 13.5. The molecule has 3 atom stereocenters. The van der Waals surface area contributed by atoms with Gasteiger partial charge in [0.2, 0.25) is 5.78 Å². The highest BCUT2D eigenvalue weighted by Gasteiger charge is 2.59. The molecule has 3 aliphatic rings. The van der Waals surface area contributed by atoms with Crippen LogP contribution < -0.4 is 0 Å². The first kappa shape index (κ1) is 28.3. The summed E-state index contributed by atoms with van der Waals surface area (Å²) in [6.45, 7) is 6.47. The Kier molecular flexibility index (Phi) is 6.69. The molecular formula is C32H32O9. The molecule has 0 aliphatic heterocycles. The van der Waals surface area contributed by atoms with Gasteiger partial charge in [-0.05, 0) is 74.8 Å². The third-order valence-electron chi connectivity index (χ3n) is 8.08. The van der Waals surface area contributed by atoms with Crippen LogP contribution in [-0.2, 0) is 32.0 Å². The van der Waals surface area contributed by atoms with E-state index in [9.17, 15) is 39.6 Å². The van der Waals surface area contributed by atoms with Crippen LogP contribution in [0.5, 0.6) is 5.75 Å². The summed E-state index contributed by atoms with van der Waals surface area (Å²) in [4.78, 5) is 51.2. The second-order valence-corrected chi connectivity index (χ2v) is 12.0. The van der Waals surface area contributed by atoms with Crippen LogP contribution in [-0.4, -0.2) is 54.9 Å². The zero-order valence-electron chi connectivity index (χ0n) is 23.3. The third kappa shape index (κ3) is 4.64. The summed E-state index contributed by atoms with van der Waals surface area (Å²) in [6, 6.07) is 10.3. The average Bonchev–Trinajstić information content (AvgIpc) is 2.85. The first-order chi connectivity index (χ1) is 19.1. The van der Waals surface area contributed by atoms with Crippen molar-refractivity contribution in [2.24, 2.45) is 11.8 Å². The Labute approximate surface area is 236 Å². The Bertz CT molecular complexity index is 1570. The summed E-state index contributed by atoms with van der Waals surface area (Å²) < 4.78 is 5.39. The molecule has 0 bridgehead atoms. The minimum absolute atomic E-state index is 0.0337. The van der Waals surface area contributed by atoms with Gasteiger partial charge in [0.05, 0.1) is 12.0 Å². The molecule has 9 nitrogen and oxygen atoms in total. The van der Waals surface area contributed by atoms with E-state index in [4.69, 9.17) is 4.74 Å². The summed E-state index contributed by atoms with van der Waals surface area (Å²) in [6.07, 6.45) is 0.188. The Morgan fingerprint density at radius 3 is 2.27 bits per heavy atom. The minimum Gasteiger partial charge on any atom is -0.511 e. The molecule has 3 aliphatic carbocycles. The molecule has 0 amide bonds. The summed E-state index contributed by atoms with van der Waals surface area (Å²) in [5.74, 6) is -6.09. The summed E-state index contributed by atoms with van der Waals surface area (Å²) >= 11 is 0. The molecule has 4 N–H and O–H groups in total. The Balaban J connectivity index is 1.53. The standard InChI is InChI=1S/C32H32O9/c1-15(33)25-23(35)14-19-12-18-13-21-20(17-7-5-16(6-8-17)11-24(36)41-31(2,3)4)9-10-22(34)27(21)28(37)26(18)30(39)32(19,40)29(25)38/h5-10,18-19,34-35,39-40H,11-14H2,1-4H3/t18-,19+,32-/m1/s1. The summed E-state index contributed by atoms with van der Waals surface area (Å²) in [5, 5.41) is 43.8. The fourth-order valence-electron chi connectivity index (χ4n) is 6.35. The predicted octanol–water partition coefficient (Wildman–Crippen LogP) is 4.24. The van der Waals surface area contributed by atoms with Gasteiger partial charge in [0, 0.05) is 17.9 Å². The zero-order chi connectivity index (χ0) is 30.0. The highest BCUT2D eigenvalue weighted by Crippen LogP contribution is 2.52. The molecular weight excluding hydrogens is 528 g/mol. The third-order valence-corrected chi connectivity index (χ3v) is 8.08. The second-order valence-electron chi connectivity index (χ2n) is 12.0. The second kappa shape index (κ2) is 9.69. The number of ketones is 3. The van der Waals surface area contributed by atoms with E-state index in [1.807, 2.05) is 12.1 Å². The number of carbonyl (C=O) groups excluding carboxylic acids is 4. The van der Waals surface area contributed by atoms with E-state index in [0.29, 0.717) is 11.1 Å². The van der Waals surface area contributed by atoms with Gasteiger partial charge in [-0.15, -0.1) is 0 Å². The van der Waals surface area contributed by atoms with Gasteiger partial charge in [-0.25, -0.2) is 0 Å². The van der Waals surface area contributed by atoms with Crippen molar-refractivity contribution in [2.75, 3.05) is 0 Å². The van der Waals surface area contributed by atoms with Gasteiger partial charge >= 0.3 is 5.97 Å². The van der Waals surface area contributed by atoms with Gasteiger partial charge in [-0.3, -0.25) is 19.2 Å². The number of phenolic OH excluding ortho intramolecular Hbond substituents is 1. The molecule has 214 valence electrons. The van der Waals surface area contributed by atoms with Crippen molar-refractivity contribution < 1.29 is 44.3 Å². The van der Waals surface area contributed by atoms with Crippen LogP contribution in [0, 0.1) is 11.8 Å². The van der Waals surface area contributed by atoms with E-state index in [0.717, 1.165) is 18.1 Å². The van der Waals surface area contributed by atoms with Crippen molar-refractivity contribution >= 4 is 23.3 Å². The topological polar surface area (TPSA) is 158 Å². The van der Waals surface area contributed by atoms with Crippen molar-refractivity contribution in [3.8, 4) is 16.9 Å². The number of phenols is 1. The number of aromatic hydroxyl groups is 1. The normalized spacial score (nSPS) is 24.0. The van der Waals surface area contributed by atoms with Crippen LogP contribution in [0.15, 0.2) is 59.1 Å². The predicted molar refractivity (Wildman–Crippen MR) is 147 cm³/mol. The Morgan fingerprint density at radius 1 is 1.00 bits per heavy atom. The van der Waals surface area contributed by atoms with E-state index in [1.54, 1.807) is 39.0 Å². The maximum atomic E-state index is 13.8. The molecule has 0 fully saturated rings. The number of hydrogen-bond acceptors (Lipinski definition) is 9. The molecule has 0 saturated carbocycles. The lowest BCUT2D eigenvalue weighted by Crippen LogP contribution is -2.56. The summed E-state index contributed by atoms with van der Waals surface area (Å²) in [5.41, 5.74) is -1.20. The molecule has 0 heterocycles. The largest absolute Gasteiger partial charge is 0.511 e. The van der Waals surface area contributed by atoms with Crippen molar-refractivity contribution in [2.45, 2.75) is 64.6 Å². The lowest BCUT2D eigenvalue weighted by atomic mass is 9.60. The van der Waals surface area contributed by atoms with E-state index in [-0.39, 0.29) is 48.5 Å². The first-order valence-corrected chi connectivity index (χ1v) is 13.5. The van der Waals surface area contributed by atoms with E-state index in [2.05, 4.69) is 0 Å². The average molecular weight is 561 g/mol. The number of fused-ring (bicyclic) bond motifs is 3. The van der Waals surface area contributed by atoms with Crippen molar-refractivity contribution in [1.29, 1.82) is 0 Å². The SMILES string of the molecule is CC(=O)C1=C(O)C[C@@H]2C[C@@H]3Cc4c(-c5ccc(CC(=O)OC(C)(C)C)cc5)ccc(O)c4C(=O)C3=C(O)[C@]2(O)C1=O. The zero-order valence-corrected chi connectivity index (χ0v) is 23.3. The Hall–Kier alpha value is -4.24. The molecule has 5 rings (SSSR count). The smallest absolute Gasteiger partial charge is 0.310 e. The number of aliphatic hydroxyl groups is 3. The van der Waals surface area contributed by atoms with E-state index in [1.165, 1.54) is 6.07 Å². The number of rotatable bonds is 4. The van der Waals surface area contributed by atoms with Crippen LogP contribution >= 0.6 is 0 Å². The molecule has 2 aromatic rings. The number of aliphatic hydroxyl groups excluding tert-OH is 2. The molecule has 0 aromatic heterocycles. The maximum absolute atomic E-state index is 13.8. The van der Waals surface area contributed by atoms with Gasteiger partial charge < -0.3 is 25.2 Å². The lowest BCUT2D eigenvalue weighted by molar-refractivity contribution is -0.154. The number of carbonyl (C=O) groups is 4. The lowest BCUT2D eigenvalue weighted by Gasteiger charge is -2.45.